The van der Waals surface area contributed by atoms with Gasteiger partial charge in [0.2, 0.25) is 5.91 Å². The number of carbonyl (C=O) groups is 2. The van der Waals surface area contributed by atoms with E-state index < -0.39 is 5.91 Å². The van der Waals surface area contributed by atoms with Crippen LogP contribution in [0.4, 0.5) is 0 Å². The van der Waals surface area contributed by atoms with E-state index in [0.29, 0.717) is 17.0 Å². The molecule has 0 radical (unpaired) electrons. The summed E-state index contributed by atoms with van der Waals surface area (Å²) in [5.41, 5.74) is 5.13. The molecule has 0 atom stereocenters. The predicted molar refractivity (Wildman–Crippen MR) is 77.7 cm³/mol. The smallest absolute Gasteiger partial charge is 0.258 e. The molecule has 0 saturated carbocycles. The van der Waals surface area contributed by atoms with Crippen LogP contribution in [0.3, 0.4) is 0 Å². The Morgan fingerprint density at radius 2 is 1.95 bits per heavy atom. The molecule has 0 aliphatic heterocycles. The zero-order chi connectivity index (χ0) is 14.3. The van der Waals surface area contributed by atoms with Crippen LogP contribution in [0.1, 0.15) is 30.1 Å². The molecule has 0 aromatic heterocycles. The number of carbonyl (C=O) groups excluding carboxylic acids is 2. The lowest BCUT2D eigenvalue weighted by Crippen LogP contribution is -2.48. The molecule has 0 spiro atoms. The van der Waals surface area contributed by atoms with E-state index in [0.717, 1.165) is 6.42 Å². The Morgan fingerprint density at radius 1 is 1.26 bits per heavy atom. The van der Waals surface area contributed by atoms with E-state index >= 15 is 0 Å². The minimum atomic E-state index is -0.437. The van der Waals surface area contributed by atoms with E-state index in [1.54, 1.807) is 24.3 Å². The lowest BCUT2D eigenvalue weighted by molar-refractivity contribution is -0.121. The maximum absolute atomic E-state index is 11.8. The van der Waals surface area contributed by atoms with Crippen molar-refractivity contribution in [1.29, 1.82) is 0 Å². The summed E-state index contributed by atoms with van der Waals surface area (Å²) >= 11 is 10.8. The molecule has 0 saturated heterocycles. The van der Waals surface area contributed by atoms with Crippen molar-refractivity contribution in [1.82, 2.24) is 16.2 Å². The highest BCUT2D eigenvalue weighted by Crippen LogP contribution is 2.14. The van der Waals surface area contributed by atoms with Gasteiger partial charge in [0.25, 0.3) is 5.91 Å². The van der Waals surface area contributed by atoms with Gasteiger partial charge in [0.05, 0.1) is 10.6 Å². The Labute approximate surface area is 121 Å². The Bertz CT molecular complexity index is 494. The molecule has 1 aromatic carbocycles. The molecule has 0 bridgehead atoms. The number of nitrogens with one attached hydrogen (secondary N) is 3. The van der Waals surface area contributed by atoms with E-state index in [1.165, 1.54) is 0 Å². The summed E-state index contributed by atoms with van der Waals surface area (Å²) in [6, 6.07) is 6.60. The highest BCUT2D eigenvalue weighted by Gasteiger charge is 2.11. The Kier molecular flexibility index (Phi) is 6.24. The van der Waals surface area contributed by atoms with Gasteiger partial charge in [0.15, 0.2) is 5.11 Å². The first kappa shape index (κ1) is 15.4. The monoisotopic (exact) mass is 299 g/mol. The summed E-state index contributed by atoms with van der Waals surface area (Å²) < 4.78 is 0. The third-order valence-electron chi connectivity index (χ3n) is 2.14. The third-order valence-corrected chi connectivity index (χ3v) is 2.67. The first-order valence-corrected chi connectivity index (χ1v) is 6.48. The fraction of sp³-hybridized carbons (Fsp3) is 0.250. The average Bonchev–Trinajstić information content (AvgIpc) is 2.37. The second-order valence-electron chi connectivity index (χ2n) is 3.69. The van der Waals surface area contributed by atoms with E-state index in [-0.39, 0.29) is 11.0 Å². The van der Waals surface area contributed by atoms with Gasteiger partial charge in [-0.2, -0.15) is 0 Å². The summed E-state index contributed by atoms with van der Waals surface area (Å²) in [6.07, 6.45) is 1.11. The second-order valence-corrected chi connectivity index (χ2v) is 4.50. The third kappa shape index (κ3) is 5.23. The molecule has 0 aliphatic carbocycles. The van der Waals surface area contributed by atoms with Crippen molar-refractivity contribution in [2.24, 2.45) is 0 Å². The van der Waals surface area contributed by atoms with Gasteiger partial charge in [-0.15, -0.1) is 0 Å². The fourth-order valence-corrected chi connectivity index (χ4v) is 1.63. The molecule has 5 nitrogen and oxygen atoms in total. The minimum absolute atomic E-state index is 0.00868. The van der Waals surface area contributed by atoms with Gasteiger partial charge >= 0.3 is 0 Å². The zero-order valence-corrected chi connectivity index (χ0v) is 11.9. The summed E-state index contributed by atoms with van der Waals surface area (Å²) in [4.78, 5) is 23.0. The van der Waals surface area contributed by atoms with Crippen LogP contribution in [-0.4, -0.2) is 16.9 Å². The first-order chi connectivity index (χ1) is 9.04. The largest absolute Gasteiger partial charge is 0.298 e. The molecule has 19 heavy (non-hydrogen) atoms. The lowest BCUT2D eigenvalue weighted by atomic mass is 10.2. The molecule has 0 unspecified atom stereocenters. The van der Waals surface area contributed by atoms with Gasteiger partial charge < -0.3 is 0 Å². The molecule has 1 rings (SSSR count). The molecule has 3 N–H and O–H groups in total. The number of benzene rings is 1. The zero-order valence-electron chi connectivity index (χ0n) is 10.3. The van der Waals surface area contributed by atoms with Crippen LogP contribution in [0.15, 0.2) is 24.3 Å². The van der Waals surface area contributed by atoms with Crippen LogP contribution < -0.4 is 16.2 Å². The molecule has 7 heteroatoms. The minimum Gasteiger partial charge on any atom is -0.298 e. The van der Waals surface area contributed by atoms with Crippen molar-refractivity contribution in [3.8, 4) is 0 Å². The molecular weight excluding hydrogens is 286 g/mol. The van der Waals surface area contributed by atoms with Gasteiger partial charge in [0, 0.05) is 6.42 Å². The highest BCUT2D eigenvalue weighted by atomic mass is 35.5. The predicted octanol–water partition coefficient (Wildman–Crippen LogP) is 1.78. The number of halogens is 1. The molecule has 0 heterocycles. The molecular formula is C12H14ClN3O2S. The van der Waals surface area contributed by atoms with E-state index in [2.05, 4.69) is 16.2 Å². The summed E-state index contributed by atoms with van der Waals surface area (Å²) in [7, 11) is 0. The van der Waals surface area contributed by atoms with E-state index in [9.17, 15) is 9.59 Å². The van der Waals surface area contributed by atoms with Gasteiger partial charge in [-0.05, 0) is 30.8 Å². The topological polar surface area (TPSA) is 70.2 Å². The van der Waals surface area contributed by atoms with Crippen molar-refractivity contribution in [2.45, 2.75) is 19.8 Å². The van der Waals surface area contributed by atoms with Crippen molar-refractivity contribution in [2.75, 3.05) is 0 Å². The first-order valence-electron chi connectivity index (χ1n) is 5.69. The van der Waals surface area contributed by atoms with Gasteiger partial charge in [-0.3, -0.25) is 25.8 Å². The highest BCUT2D eigenvalue weighted by molar-refractivity contribution is 7.80. The van der Waals surface area contributed by atoms with Crippen LogP contribution in [-0.2, 0) is 4.79 Å². The Hall–Kier alpha value is -1.66. The van der Waals surface area contributed by atoms with Crippen LogP contribution in [0.25, 0.3) is 0 Å². The maximum atomic E-state index is 11.8. The summed E-state index contributed by atoms with van der Waals surface area (Å²) in [5.74, 6) is -0.635. The average molecular weight is 300 g/mol. The van der Waals surface area contributed by atoms with Crippen molar-refractivity contribution < 1.29 is 9.59 Å². The lowest BCUT2D eigenvalue weighted by Gasteiger charge is -2.10. The molecule has 1 aromatic rings. The van der Waals surface area contributed by atoms with Crippen LogP contribution in [0, 0.1) is 0 Å². The second kappa shape index (κ2) is 7.70. The molecule has 102 valence electrons. The molecule has 0 fully saturated rings. The Balaban J connectivity index is 2.47. The van der Waals surface area contributed by atoms with Crippen molar-refractivity contribution in [3.63, 3.8) is 0 Å². The molecule has 0 aliphatic rings. The molecule has 2 amide bonds. The number of hydrogen-bond donors (Lipinski definition) is 3. The van der Waals surface area contributed by atoms with Crippen molar-refractivity contribution in [3.05, 3.63) is 34.9 Å². The number of hydrogen-bond acceptors (Lipinski definition) is 3. The van der Waals surface area contributed by atoms with E-state index in [1.807, 2.05) is 6.92 Å². The van der Waals surface area contributed by atoms with Gasteiger partial charge in [-0.1, -0.05) is 30.7 Å². The van der Waals surface area contributed by atoms with Crippen LogP contribution in [0.2, 0.25) is 5.02 Å². The van der Waals surface area contributed by atoms with Crippen LogP contribution in [0.5, 0.6) is 0 Å². The van der Waals surface area contributed by atoms with E-state index in [4.69, 9.17) is 23.8 Å². The quantitative estimate of drug-likeness (QED) is 0.588. The van der Waals surface area contributed by atoms with Crippen LogP contribution >= 0.6 is 23.8 Å². The number of thiocarbonyl (C=S) groups is 1. The van der Waals surface area contributed by atoms with Gasteiger partial charge in [0.1, 0.15) is 0 Å². The number of amides is 2. The standard InChI is InChI=1S/C12H14ClN3O2S/c1-2-5-10(17)15-16-12(19)14-11(18)8-6-3-4-7-9(8)13/h3-4,6-7H,2,5H2,1H3,(H,15,17)(H2,14,16,18,19). The summed E-state index contributed by atoms with van der Waals surface area (Å²) in [5, 5.41) is 2.76. The SMILES string of the molecule is CCCC(=O)NNC(=S)NC(=O)c1ccccc1Cl. The van der Waals surface area contributed by atoms with Crippen molar-refractivity contribution >= 4 is 40.7 Å². The number of hydrazine groups is 1. The van der Waals surface area contributed by atoms with Gasteiger partial charge in [-0.25, -0.2) is 0 Å². The Morgan fingerprint density at radius 3 is 2.58 bits per heavy atom. The summed E-state index contributed by atoms with van der Waals surface area (Å²) in [6.45, 7) is 1.89. The fourth-order valence-electron chi connectivity index (χ4n) is 1.26. The number of rotatable bonds is 3. The normalized spacial score (nSPS) is 9.58. The maximum Gasteiger partial charge on any atom is 0.258 e.